The molecule has 2 aromatic rings. The molecular formula is C21H26S. The Morgan fingerprint density at radius 3 is 2.41 bits per heavy atom. The highest BCUT2D eigenvalue weighted by Crippen LogP contribution is 2.27. The summed E-state index contributed by atoms with van der Waals surface area (Å²) in [6.07, 6.45) is 3.28. The van der Waals surface area contributed by atoms with E-state index in [1.54, 1.807) is 0 Å². The molecule has 116 valence electrons. The molecule has 0 bridgehead atoms. The monoisotopic (exact) mass is 310 g/mol. The van der Waals surface area contributed by atoms with Gasteiger partial charge in [0.05, 0.1) is 0 Å². The minimum absolute atomic E-state index is 0.676. The lowest BCUT2D eigenvalue weighted by Crippen LogP contribution is -1.93. The van der Waals surface area contributed by atoms with Crippen LogP contribution in [0.3, 0.4) is 0 Å². The summed E-state index contributed by atoms with van der Waals surface area (Å²) < 4.78 is 0. The number of hydrogen-bond donors (Lipinski definition) is 0. The van der Waals surface area contributed by atoms with Crippen LogP contribution in [-0.2, 0) is 6.42 Å². The van der Waals surface area contributed by atoms with E-state index in [2.05, 4.69) is 75.9 Å². The first-order valence-corrected chi connectivity index (χ1v) is 8.97. The quantitative estimate of drug-likeness (QED) is 0.524. The number of allylic oxidation sites excluding steroid dienone is 1. The van der Waals surface area contributed by atoms with Crippen LogP contribution in [0.5, 0.6) is 0 Å². The summed E-state index contributed by atoms with van der Waals surface area (Å²) in [7, 11) is 0. The summed E-state index contributed by atoms with van der Waals surface area (Å²) in [5.41, 5.74) is 5.29. The average Bonchev–Trinajstić information content (AvgIpc) is 2.54. The van der Waals surface area contributed by atoms with E-state index in [1.165, 1.54) is 33.6 Å². The van der Waals surface area contributed by atoms with Crippen molar-refractivity contribution < 1.29 is 0 Å². The lowest BCUT2D eigenvalue weighted by atomic mass is 9.97. The van der Waals surface area contributed by atoms with E-state index >= 15 is 0 Å². The minimum atomic E-state index is 0.676. The summed E-state index contributed by atoms with van der Waals surface area (Å²) in [5, 5.41) is 0.676. The maximum atomic E-state index is 4.27. The molecule has 2 rings (SSSR count). The van der Waals surface area contributed by atoms with Crippen LogP contribution in [-0.4, -0.2) is 5.25 Å². The molecule has 0 saturated heterocycles. The van der Waals surface area contributed by atoms with Gasteiger partial charge in [0, 0.05) is 10.1 Å². The third kappa shape index (κ3) is 4.78. The lowest BCUT2D eigenvalue weighted by molar-refractivity contribution is 0.905. The van der Waals surface area contributed by atoms with Crippen LogP contribution in [0.1, 0.15) is 43.4 Å². The molecule has 0 aliphatic rings. The summed E-state index contributed by atoms with van der Waals surface area (Å²) in [4.78, 5) is 1.35. The van der Waals surface area contributed by atoms with Crippen molar-refractivity contribution in [2.75, 3.05) is 0 Å². The van der Waals surface area contributed by atoms with Gasteiger partial charge in [0.1, 0.15) is 0 Å². The van der Waals surface area contributed by atoms with Crippen LogP contribution in [0.15, 0.2) is 60.0 Å². The SMILES string of the molecule is C=C(CCc1ccccc1C)c1ccc(SC(C)CC)cc1. The maximum Gasteiger partial charge on any atom is 0.00750 e. The van der Waals surface area contributed by atoms with Crippen LogP contribution in [0.2, 0.25) is 0 Å². The number of benzene rings is 2. The molecule has 0 spiro atoms. The molecule has 1 heteroatoms. The van der Waals surface area contributed by atoms with E-state index in [1.807, 2.05) is 11.8 Å². The molecule has 2 aromatic carbocycles. The Morgan fingerprint density at radius 1 is 1.09 bits per heavy atom. The highest BCUT2D eigenvalue weighted by molar-refractivity contribution is 7.99. The first-order valence-electron chi connectivity index (χ1n) is 8.09. The molecule has 0 heterocycles. The van der Waals surface area contributed by atoms with Crippen LogP contribution in [0.25, 0.3) is 5.57 Å². The molecule has 0 N–H and O–H groups in total. The van der Waals surface area contributed by atoms with Gasteiger partial charge in [-0.1, -0.05) is 56.8 Å². The predicted molar refractivity (Wildman–Crippen MR) is 101 cm³/mol. The molecular weight excluding hydrogens is 284 g/mol. The van der Waals surface area contributed by atoms with Gasteiger partial charge in [-0.15, -0.1) is 11.8 Å². The van der Waals surface area contributed by atoms with Crippen LogP contribution in [0, 0.1) is 6.92 Å². The molecule has 0 fully saturated rings. The summed E-state index contributed by atoms with van der Waals surface area (Å²) in [6.45, 7) is 11.0. The van der Waals surface area contributed by atoms with Crippen molar-refractivity contribution in [3.63, 3.8) is 0 Å². The standard InChI is InChI=1S/C21H26S/c1-5-18(4)22-21-14-12-20(13-15-21)17(3)10-11-19-9-7-6-8-16(19)2/h6-9,12-15,18H,3,5,10-11H2,1-2,4H3. The molecule has 0 aromatic heterocycles. The summed E-state index contributed by atoms with van der Waals surface area (Å²) in [6, 6.07) is 17.5. The van der Waals surface area contributed by atoms with Gasteiger partial charge < -0.3 is 0 Å². The Kier molecular flexibility index (Phi) is 6.33. The topological polar surface area (TPSA) is 0 Å². The molecule has 0 amide bonds. The zero-order chi connectivity index (χ0) is 15.9. The number of aryl methyl sites for hydroxylation is 2. The molecule has 0 radical (unpaired) electrons. The Balaban J connectivity index is 1.94. The predicted octanol–water partition coefficient (Wildman–Crippen LogP) is 6.53. The molecule has 0 nitrogen and oxygen atoms in total. The molecule has 22 heavy (non-hydrogen) atoms. The Labute approximate surface area is 139 Å². The van der Waals surface area contributed by atoms with Crippen molar-refractivity contribution in [3.8, 4) is 0 Å². The van der Waals surface area contributed by atoms with Crippen molar-refractivity contribution in [1.82, 2.24) is 0 Å². The number of rotatable bonds is 7. The second kappa shape index (κ2) is 8.24. The molecule has 1 unspecified atom stereocenters. The van der Waals surface area contributed by atoms with E-state index in [0.29, 0.717) is 5.25 Å². The van der Waals surface area contributed by atoms with Crippen molar-refractivity contribution >= 4 is 17.3 Å². The zero-order valence-corrected chi connectivity index (χ0v) is 14.7. The van der Waals surface area contributed by atoms with Gasteiger partial charge in [0.25, 0.3) is 0 Å². The molecule has 1 atom stereocenters. The first kappa shape index (κ1) is 16.9. The van der Waals surface area contributed by atoms with E-state index in [9.17, 15) is 0 Å². The van der Waals surface area contributed by atoms with Gasteiger partial charge in [0.15, 0.2) is 0 Å². The smallest absolute Gasteiger partial charge is 0.00750 e. The van der Waals surface area contributed by atoms with Crippen LogP contribution >= 0.6 is 11.8 Å². The lowest BCUT2D eigenvalue weighted by Gasteiger charge is -2.11. The van der Waals surface area contributed by atoms with Gasteiger partial charge in [-0.05, 0) is 60.6 Å². The Hall–Kier alpha value is -1.47. The van der Waals surface area contributed by atoms with E-state index in [-0.39, 0.29) is 0 Å². The van der Waals surface area contributed by atoms with Gasteiger partial charge >= 0.3 is 0 Å². The normalized spacial score (nSPS) is 12.1. The largest absolute Gasteiger partial charge is 0.123 e. The average molecular weight is 311 g/mol. The highest BCUT2D eigenvalue weighted by Gasteiger charge is 2.04. The van der Waals surface area contributed by atoms with Gasteiger partial charge in [-0.25, -0.2) is 0 Å². The fraction of sp³-hybridized carbons (Fsp3) is 0.333. The van der Waals surface area contributed by atoms with E-state index < -0.39 is 0 Å². The minimum Gasteiger partial charge on any atom is -0.123 e. The fourth-order valence-corrected chi connectivity index (χ4v) is 3.33. The first-order chi connectivity index (χ1) is 10.6. The second-order valence-corrected chi connectivity index (χ2v) is 7.40. The van der Waals surface area contributed by atoms with Crippen molar-refractivity contribution in [2.24, 2.45) is 0 Å². The van der Waals surface area contributed by atoms with Crippen molar-refractivity contribution in [3.05, 3.63) is 71.8 Å². The molecule has 0 saturated carbocycles. The third-order valence-corrected chi connectivity index (χ3v) is 5.41. The van der Waals surface area contributed by atoms with Gasteiger partial charge in [-0.2, -0.15) is 0 Å². The summed E-state index contributed by atoms with van der Waals surface area (Å²) in [5.74, 6) is 0. The van der Waals surface area contributed by atoms with E-state index in [0.717, 1.165) is 12.8 Å². The zero-order valence-electron chi connectivity index (χ0n) is 13.9. The molecule has 0 aliphatic heterocycles. The maximum absolute atomic E-state index is 4.27. The Morgan fingerprint density at radius 2 is 1.77 bits per heavy atom. The second-order valence-electron chi connectivity index (χ2n) is 5.89. The van der Waals surface area contributed by atoms with Gasteiger partial charge in [-0.3, -0.25) is 0 Å². The van der Waals surface area contributed by atoms with Gasteiger partial charge in [0.2, 0.25) is 0 Å². The summed E-state index contributed by atoms with van der Waals surface area (Å²) >= 11 is 1.95. The molecule has 0 aliphatic carbocycles. The fourth-order valence-electron chi connectivity index (χ4n) is 2.41. The van der Waals surface area contributed by atoms with E-state index in [4.69, 9.17) is 0 Å². The van der Waals surface area contributed by atoms with Crippen LogP contribution in [0.4, 0.5) is 0 Å². The highest BCUT2D eigenvalue weighted by atomic mass is 32.2. The Bertz CT molecular complexity index is 610. The third-order valence-electron chi connectivity index (χ3n) is 4.13. The van der Waals surface area contributed by atoms with Crippen LogP contribution < -0.4 is 0 Å². The number of hydrogen-bond acceptors (Lipinski definition) is 1. The van der Waals surface area contributed by atoms with Crippen molar-refractivity contribution in [2.45, 2.75) is 50.2 Å². The van der Waals surface area contributed by atoms with Crippen molar-refractivity contribution in [1.29, 1.82) is 0 Å². The number of thioether (sulfide) groups is 1.